The molecule has 1 heterocycles. The molecule has 1 aliphatic carbocycles. The third-order valence-corrected chi connectivity index (χ3v) is 3.41. The highest BCUT2D eigenvalue weighted by atomic mass is 16.3. The van der Waals surface area contributed by atoms with Crippen LogP contribution in [0.5, 0.6) is 0 Å². The van der Waals surface area contributed by atoms with E-state index in [0.717, 1.165) is 5.76 Å². The Kier molecular flexibility index (Phi) is 4.38. The fourth-order valence-electron chi connectivity index (χ4n) is 2.21. The van der Waals surface area contributed by atoms with Crippen molar-refractivity contribution >= 4 is 5.91 Å². The van der Waals surface area contributed by atoms with Crippen molar-refractivity contribution in [2.75, 3.05) is 20.1 Å². The molecule has 1 aromatic rings. The van der Waals surface area contributed by atoms with Gasteiger partial charge in [-0.15, -0.1) is 0 Å². The van der Waals surface area contributed by atoms with Crippen molar-refractivity contribution < 1.29 is 9.21 Å². The average Bonchev–Trinajstić information content (AvgIpc) is 3.03. The summed E-state index contributed by atoms with van der Waals surface area (Å²) in [6.45, 7) is 1.45. The topological polar surface area (TPSA) is 71.5 Å². The van der Waals surface area contributed by atoms with Crippen LogP contribution in [0.4, 0.5) is 0 Å². The van der Waals surface area contributed by atoms with Crippen LogP contribution in [0.2, 0.25) is 0 Å². The van der Waals surface area contributed by atoms with Gasteiger partial charge in [0.05, 0.1) is 19.4 Å². The van der Waals surface area contributed by atoms with Crippen LogP contribution >= 0.6 is 0 Å². The molecule has 3 N–H and O–H groups in total. The lowest BCUT2D eigenvalue weighted by molar-refractivity contribution is -0.122. The monoisotopic (exact) mass is 251 g/mol. The van der Waals surface area contributed by atoms with Gasteiger partial charge in [-0.2, -0.15) is 0 Å². The Hall–Kier alpha value is -1.33. The number of carbonyl (C=O) groups excluding carboxylic acids is 1. The first-order chi connectivity index (χ1) is 8.70. The summed E-state index contributed by atoms with van der Waals surface area (Å²) in [7, 11) is 1.96. The second-order valence-corrected chi connectivity index (χ2v) is 4.91. The van der Waals surface area contributed by atoms with Crippen LogP contribution in [-0.4, -0.2) is 37.0 Å². The van der Waals surface area contributed by atoms with E-state index >= 15 is 0 Å². The molecular formula is C13H21N3O2. The van der Waals surface area contributed by atoms with Crippen molar-refractivity contribution in [3.8, 4) is 0 Å². The predicted molar refractivity (Wildman–Crippen MR) is 68.8 cm³/mol. The second-order valence-electron chi connectivity index (χ2n) is 4.91. The molecule has 0 radical (unpaired) electrons. The van der Waals surface area contributed by atoms with E-state index in [1.807, 2.05) is 19.2 Å². The van der Waals surface area contributed by atoms with Crippen molar-refractivity contribution in [3.05, 3.63) is 24.2 Å². The highest BCUT2D eigenvalue weighted by molar-refractivity contribution is 5.77. The number of nitrogens with zero attached hydrogens (tertiary/aromatic N) is 1. The highest BCUT2D eigenvalue weighted by Crippen LogP contribution is 2.34. The standard InChI is InChI=1S/C13H21N3O2/c1-16(12(7-14)10-4-5-10)9-13(17)15-8-11-3-2-6-18-11/h2-3,6,10,12H,4-5,7-9,14H2,1H3,(H,15,17). The smallest absolute Gasteiger partial charge is 0.234 e. The van der Waals surface area contributed by atoms with E-state index in [9.17, 15) is 4.79 Å². The molecule has 1 aliphatic rings. The highest BCUT2D eigenvalue weighted by Gasteiger charge is 2.33. The van der Waals surface area contributed by atoms with E-state index in [4.69, 9.17) is 10.2 Å². The van der Waals surface area contributed by atoms with Crippen LogP contribution in [0.1, 0.15) is 18.6 Å². The van der Waals surface area contributed by atoms with Gasteiger partial charge < -0.3 is 15.5 Å². The van der Waals surface area contributed by atoms with Gasteiger partial charge in [0.15, 0.2) is 0 Å². The van der Waals surface area contributed by atoms with E-state index in [-0.39, 0.29) is 5.91 Å². The number of nitrogens with two attached hydrogens (primary N) is 1. The number of nitrogens with one attached hydrogen (secondary N) is 1. The first kappa shape index (κ1) is 13.1. The summed E-state index contributed by atoms with van der Waals surface area (Å²) in [6, 6.07) is 3.99. The minimum atomic E-state index is 0.00741. The summed E-state index contributed by atoms with van der Waals surface area (Å²) in [4.78, 5) is 13.8. The zero-order valence-electron chi connectivity index (χ0n) is 10.8. The van der Waals surface area contributed by atoms with Crippen LogP contribution < -0.4 is 11.1 Å². The predicted octanol–water partition coefficient (Wildman–Crippen LogP) is 0.565. The van der Waals surface area contributed by atoms with Gasteiger partial charge >= 0.3 is 0 Å². The van der Waals surface area contributed by atoms with Crippen molar-refractivity contribution in [3.63, 3.8) is 0 Å². The average molecular weight is 251 g/mol. The molecule has 100 valence electrons. The maximum atomic E-state index is 11.8. The number of hydrogen-bond acceptors (Lipinski definition) is 4. The molecule has 0 aromatic carbocycles. The quantitative estimate of drug-likeness (QED) is 0.743. The lowest BCUT2D eigenvalue weighted by Crippen LogP contribution is -2.44. The number of hydrogen-bond donors (Lipinski definition) is 2. The Morgan fingerprint density at radius 3 is 3.00 bits per heavy atom. The number of furan rings is 1. The first-order valence-electron chi connectivity index (χ1n) is 6.40. The van der Waals surface area contributed by atoms with E-state index in [2.05, 4.69) is 10.2 Å². The minimum Gasteiger partial charge on any atom is -0.467 e. The molecule has 1 amide bonds. The third-order valence-electron chi connectivity index (χ3n) is 3.41. The van der Waals surface area contributed by atoms with Crippen LogP contribution in [0.15, 0.2) is 22.8 Å². The Labute approximate surface area is 107 Å². The first-order valence-corrected chi connectivity index (χ1v) is 6.40. The molecule has 1 aromatic heterocycles. The second kappa shape index (κ2) is 6.02. The maximum absolute atomic E-state index is 11.8. The minimum absolute atomic E-state index is 0.00741. The van der Waals surface area contributed by atoms with E-state index < -0.39 is 0 Å². The summed E-state index contributed by atoms with van der Waals surface area (Å²) < 4.78 is 5.16. The van der Waals surface area contributed by atoms with Gasteiger partial charge in [0.25, 0.3) is 0 Å². The van der Waals surface area contributed by atoms with Gasteiger partial charge in [-0.25, -0.2) is 0 Å². The van der Waals surface area contributed by atoms with E-state index in [1.54, 1.807) is 6.26 Å². The lowest BCUT2D eigenvalue weighted by atomic mass is 10.1. The van der Waals surface area contributed by atoms with Crippen molar-refractivity contribution in [2.45, 2.75) is 25.4 Å². The van der Waals surface area contributed by atoms with Crippen LogP contribution in [0.3, 0.4) is 0 Å². The van der Waals surface area contributed by atoms with Gasteiger partial charge in [0.2, 0.25) is 5.91 Å². The SMILES string of the molecule is CN(CC(=O)NCc1ccco1)C(CN)C1CC1. The van der Waals surface area contributed by atoms with E-state index in [0.29, 0.717) is 31.6 Å². The molecule has 0 bridgehead atoms. The summed E-state index contributed by atoms with van der Waals surface area (Å²) in [5, 5.41) is 2.84. The van der Waals surface area contributed by atoms with Gasteiger partial charge in [-0.1, -0.05) is 0 Å². The summed E-state index contributed by atoms with van der Waals surface area (Å²) >= 11 is 0. The van der Waals surface area contributed by atoms with E-state index in [1.165, 1.54) is 12.8 Å². The van der Waals surface area contributed by atoms with Crippen molar-refractivity contribution in [2.24, 2.45) is 11.7 Å². The van der Waals surface area contributed by atoms with Gasteiger partial charge in [-0.05, 0) is 37.9 Å². The Bertz CT molecular complexity index is 374. The fourth-order valence-corrected chi connectivity index (χ4v) is 2.21. The molecule has 1 atom stereocenters. The molecule has 18 heavy (non-hydrogen) atoms. The Balaban J connectivity index is 1.72. The largest absolute Gasteiger partial charge is 0.467 e. The van der Waals surface area contributed by atoms with Crippen LogP contribution in [-0.2, 0) is 11.3 Å². The van der Waals surface area contributed by atoms with Crippen LogP contribution in [0, 0.1) is 5.92 Å². The summed E-state index contributed by atoms with van der Waals surface area (Å²) in [5.41, 5.74) is 5.75. The fraction of sp³-hybridized carbons (Fsp3) is 0.615. The molecule has 0 saturated heterocycles. The molecule has 1 fully saturated rings. The maximum Gasteiger partial charge on any atom is 0.234 e. The summed E-state index contributed by atoms with van der Waals surface area (Å²) in [5.74, 6) is 1.45. The molecular weight excluding hydrogens is 230 g/mol. The number of rotatable bonds is 7. The zero-order valence-corrected chi connectivity index (χ0v) is 10.8. The molecule has 1 unspecified atom stereocenters. The Morgan fingerprint density at radius 2 is 2.44 bits per heavy atom. The molecule has 1 saturated carbocycles. The molecule has 0 aliphatic heterocycles. The molecule has 2 rings (SSSR count). The van der Waals surface area contributed by atoms with Gasteiger partial charge in [0, 0.05) is 12.6 Å². The van der Waals surface area contributed by atoms with Crippen molar-refractivity contribution in [1.82, 2.24) is 10.2 Å². The molecule has 0 spiro atoms. The van der Waals surface area contributed by atoms with Gasteiger partial charge in [-0.3, -0.25) is 9.69 Å². The normalized spacial score (nSPS) is 16.8. The summed E-state index contributed by atoms with van der Waals surface area (Å²) in [6.07, 6.45) is 4.08. The lowest BCUT2D eigenvalue weighted by Gasteiger charge is -2.26. The van der Waals surface area contributed by atoms with Gasteiger partial charge in [0.1, 0.15) is 5.76 Å². The molecule has 5 nitrogen and oxygen atoms in total. The number of carbonyl (C=O) groups is 1. The zero-order chi connectivity index (χ0) is 13.0. The van der Waals surface area contributed by atoms with Crippen molar-refractivity contribution in [1.29, 1.82) is 0 Å². The number of likely N-dealkylation sites (N-methyl/N-ethyl adjacent to an activating group) is 1. The third kappa shape index (κ3) is 3.58. The molecule has 5 heteroatoms. The Morgan fingerprint density at radius 1 is 1.67 bits per heavy atom. The van der Waals surface area contributed by atoms with Crippen LogP contribution in [0.25, 0.3) is 0 Å². The number of amides is 1.